The molecular formula is C13H20N2O2. The van der Waals surface area contributed by atoms with E-state index in [1.54, 1.807) is 0 Å². The number of ether oxygens (including phenoxy) is 1. The molecule has 1 aliphatic heterocycles. The van der Waals surface area contributed by atoms with Crippen molar-refractivity contribution in [2.24, 2.45) is 17.3 Å². The molecule has 1 saturated carbocycles. The highest BCUT2D eigenvalue weighted by atomic mass is 16.5. The van der Waals surface area contributed by atoms with Gasteiger partial charge in [0.05, 0.1) is 19.3 Å². The first-order chi connectivity index (χ1) is 8.13. The van der Waals surface area contributed by atoms with Crippen molar-refractivity contribution in [3.63, 3.8) is 0 Å². The predicted molar refractivity (Wildman–Crippen MR) is 63.0 cm³/mol. The molecule has 4 heteroatoms. The van der Waals surface area contributed by atoms with Gasteiger partial charge in [-0.25, -0.2) is 0 Å². The highest BCUT2D eigenvalue weighted by Crippen LogP contribution is 2.29. The van der Waals surface area contributed by atoms with Crippen molar-refractivity contribution in [1.82, 2.24) is 5.32 Å². The van der Waals surface area contributed by atoms with Crippen LogP contribution in [0.5, 0.6) is 0 Å². The van der Waals surface area contributed by atoms with E-state index in [9.17, 15) is 4.79 Å². The fourth-order valence-corrected chi connectivity index (χ4v) is 2.54. The third-order valence-corrected chi connectivity index (χ3v) is 3.82. The van der Waals surface area contributed by atoms with E-state index in [1.165, 1.54) is 0 Å². The summed E-state index contributed by atoms with van der Waals surface area (Å²) in [6.07, 6.45) is 3.61. The highest BCUT2D eigenvalue weighted by Gasteiger charge is 2.35. The van der Waals surface area contributed by atoms with Gasteiger partial charge in [0.15, 0.2) is 0 Å². The van der Waals surface area contributed by atoms with Crippen LogP contribution in [0, 0.1) is 28.6 Å². The summed E-state index contributed by atoms with van der Waals surface area (Å²) in [6, 6.07) is 2.28. The number of nitriles is 1. The third-order valence-electron chi connectivity index (χ3n) is 3.82. The molecule has 0 aromatic carbocycles. The average molecular weight is 236 g/mol. The Hall–Kier alpha value is -1.08. The number of hydrogen-bond donors (Lipinski definition) is 1. The van der Waals surface area contributed by atoms with Crippen LogP contribution < -0.4 is 5.32 Å². The predicted octanol–water partition coefficient (Wildman–Crippen LogP) is 1.47. The quantitative estimate of drug-likeness (QED) is 0.807. The van der Waals surface area contributed by atoms with Crippen LogP contribution in [0.3, 0.4) is 0 Å². The molecule has 1 amide bonds. The average Bonchev–Trinajstić information content (AvgIpc) is 2.33. The van der Waals surface area contributed by atoms with Crippen LogP contribution in [0.2, 0.25) is 0 Å². The molecule has 1 saturated heterocycles. The molecule has 0 spiro atoms. The van der Waals surface area contributed by atoms with Crippen LogP contribution in [0.15, 0.2) is 0 Å². The Balaban J connectivity index is 1.77. The topological polar surface area (TPSA) is 62.1 Å². The lowest BCUT2D eigenvalue weighted by Gasteiger charge is -2.38. The van der Waals surface area contributed by atoms with E-state index in [0.29, 0.717) is 6.54 Å². The van der Waals surface area contributed by atoms with Gasteiger partial charge in [0.25, 0.3) is 0 Å². The Morgan fingerprint density at radius 3 is 2.88 bits per heavy atom. The second kappa shape index (κ2) is 5.05. The molecule has 2 unspecified atom stereocenters. The van der Waals surface area contributed by atoms with E-state index in [4.69, 9.17) is 10.00 Å². The van der Waals surface area contributed by atoms with Crippen molar-refractivity contribution < 1.29 is 9.53 Å². The summed E-state index contributed by atoms with van der Waals surface area (Å²) < 4.78 is 5.16. The van der Waals surface area contributed by atoms with Gasteiger partial charge in [-0.15, -0.1) is 0 Å². The summed E-state index contributed by atoms with van der Waals surface area (Å²) in [7, 11) is 0. The smallest absolute Gasteiger partial charge is 0.223 e. The molecule has 1 heterocycles. The summed E-state index contributed by atoms with van der Waals surface area (Å²) in [5, 5.41) is 11.9. The molecule has 0 aromatic rings. The second-order valence-electron chi connectivity index (χ2n) is 5.71. The number of amides is 1. The van der Waals surface area contributed by atoms with Gasteiger partial charge in [-0.2, -0.15) is 5.26 Å². The van der Waals surface area contributed by atoms with E-state index in [0.717, 1.165) is 38.9 Å². The number of rotatable bonds is 3. The SMILES string of the molecule is CC1(CNC(=O)C2CCCC(C#N)C2)COC1. The van der Waals surface area contributed by atoms with Crippen molar-refractivity contribution in [1.29, 1.82) is 5.26 Å². The van der Waals surface area contributed by atoms with E-state index >= 15 is 0 Å². The minimum atomic E-state index is 0.0398. The molecule has 0 radical (unpaired) electrons. The van der Waals surface area contributed by atoms with Crippen LogP contribution in [0.1, 0.15) is 32.6 Å². The van der Waals surface area contributed by atoms with Crippen molar-refractivity contribution in [2.75, 3.05) is 19.8 Å². The molecular weight excluding hydrogens is 216 g/mol. The zero-order valence-electron chi connectivity index (χ0n) is 10.4. The van der Waals surface area contributed by atoms with Crippen LogP contribution in [0.4, 0.5) is 0 Å². The lowest BCUT2D eigenvalue weighted by Crippen LogP contribution is -2.49. The summed E-state index contributed by atoms with van der Waals surface area (Å²) >= 11 is 0. The monoisotopic (exact) mass is 236 g/mol. The Morgan fingerprint density at radius 2 is 2.29 bits per heavy atom. The molecule has 4 nitrogen and oxygen atoms in total. The summed E-state index contributed by atoms with van der Waals surface area (Å²) in [5.41, 5.74) is 0.124. The van der Waals surface area contributed by atoms with Gasteiger partial charge < -0.3 is 10.1 Å². The Kier molecular flexibility index (Phi) is 3.68. The van der Waals surface area contributed by atoms with Crippen molar-refractivity contribution in [2.45, 2.75) is 32.6 Å². The molecule has 0 bridgehead atoms. The highest BCUT2D eigenvalue weighted by molar-refractivity contribution is 5.78. The van der Waals surface area contributed by atoms with Gasteiger partial charge in [-0.3, -0.25) is 4.79 Å². The number of carbonyl (C=O) groups excluding carboxylic acids is 1. The first-order valence-electron chi connectivity index (χ1n) is 6.38. The number of nitrogens with zero attached hydrogens (tertiary/aromatic N) is 1. The van der Waals surface area contributed by atoms with Crippen molar-refractivity contribution >= 4 is 5.91 Å². The number of nitrogens with one attached hydrogen (secondary N) is 1. The van der Waals surface area contributed by atoms with Gasteiger partial charge in [-0.1, -0.05) is 13.3 Å². The van der Waals surface area contributed by atoms with Gasteiger partial charge in [0, 0.05) is 23.8 Å². The number of carbonyl (C=O) groups is 1. The van der Waals surface area contributed by atoms with Crippen LogP contribution >= 0.6 is 0 Å². The fourth-order valence-electron chi connectivity index (χ4n) is 2.54. The molecule has 2 fully saturated rings. The third kappa shape index (κ3) is 2.98. The zero-order valence-corrected chi connectivity index (χ0v) is 10.4. The molecule has 17 heavy (non-hydrogen) atoms. The number of hydrogen-bond acceptors (Lipinski definition) is 3. The largest absolute Gasteiger partial charge is 0.380 e. The maximum atomic E-state index is 12.0. The van der Waals surface area contributed by atoms with Crippen LogP contribution in [-0.4, -0.2) is 25.7 Å². The lowest BCUT2D eigenvalue weighted by molar-refractivity contribution is -0.131. The molecule has 94 valence electrons. The second-order valence-corrected chi connectivity index (χ2v) is 5.71. The summed E-state index contributed by atoms with van der Waals surface area (Å²) in [5.74, 6) is 0.234. The Labute approximate surface area is 102 Å². The lowest BCUT2D eigenvalue weighted by atomic mass is 9.81. The first kappa shape index (κ1) is 12.4. The Morgan fingerprint density at radius 1 is 1.53 bits per heavy atom. The minimum Gasteiger partial charge on any atom is -0.380 e. The fraction of sp³-hybridized carbons (Fsp3) is 0.846. The molecule has 1 aliphatic carbocycles. The summed E-state index contributed by atoms with van der Waals surface area (Å²) in [6.45, 7) is 4.28. The van der Waals surface area contributed by atoms with Crippen molar-refractivity contribution in [3.8, 4) is 6.07 Å². The van der Waals surface area contributed by atoms with Gasteiger partial charge in [0.2, 0.25) is 5.91 Å². The zero-order chi connectivity index (χ0) is 12.3. The first-order valence-corrected chi connectivity index (χ1v) is 6.38. The van der Waals surface area contributed by atoms with Gasteiger partial charge >= 0.3 is 0 Å². The van der Waals surface area contributed by atoms with Crippen LogP contribution in [0.25, 0.3) is 0 Å². The van der Waals surface area contributed by atoms with E-state index < -0.39 is 0 Å². The molecule has 1 N–H and O–H groups in total. The summed E-state index contributed by atoms with van der Waals surface area (Å²) in [4.78, 5) is 12.0. The van der Waals surface area contributed by atoms with E-state index in [-0.39, 0.29) is 23.2 Å². The molecule has 2 rings (SSSR count). The van der Waals surface area contributed by atoms with Crippen LogP contribution in [-0.2, 0) is 9.53 Å². The molecule has 0 aromatic heterocycles. The van der Waals surface area contributed by atoms with Gasteiger partial charge in [0.1, 0.15) is 0 Å². The van der Waals surface area contributed by atoms with Gasteiger partial charge in [-0.05, 0) is 19.3 Å². The molecule has 2 aliphatic rings. The maximum absolute atomic E-state index is 12.0. The Bertz CT molecular complexity index is 331. The minimum absolute atomic E-state index is 0.0398. The molecule has 2 atom stereocenters. The van der Waals surface area contributed by atoms with E-state index in [2.05, 4.69) is 18.3 Å². The normalized spacial score (nSPS) is 31.1. The van der Waals surface area contributed by atoms with Crippen molar-refractivity contribution in [3.05, 3.63) is 0 Å². The van der Waals surface area contributed by atoms with E-state index in [1.807, 2.05) is 0 Å². The maximum Gasteiger partial charge on any atom is 0.223 e. The standard InChI is InChI=1S/C13H20N2O2/c1-13(8-17-9-13)7-15-12(16)11-4-2-3-10(5-11)6-14/h10-11H,2-5,7-9H2,1H3,(H,15,16).